The zero-order valence-corrected chi connectivity index (χ0v) is 12.7. The number of rotatable bonds is 3. The second-order valence-electron chi connectivity index (χ2n) is 4.64. The Morgan fingerprint density at radius 3 is 2.79 bits per heavy atom. The van der Waals surface area contributed by atoms with Gasteiger partial charge in [0.15, 0.2) is 5.82 Å². The minimum absolute atomic E-state index is 0.557. The molecular formula is C14H14IN3O. The summed E-state index contributed by atoms with van der Waals surface area (Å²) >= 11 is 2.24. The Morgan fingerprint density at radius 1 is 1.32 bits per heavy atom. The van der Waals surface area contributed by atoms with Gasteiger partial charge in [-0.3, -0.25) is 0 Å². The predicted molar refractivity (Wildman–Crippen MR) is 83.1 cm³/mol. The summed E-state index contributed by atoms with van der Waals surface area (Å²) < 4.78 is 6.22. The molecule has 0 atom stereocenters. The van der Waals surface area contributed by atoms with Gasteiger partial charge in [-0.15, -0.1) is 0 Å². The number of anilines is 1. The van der Waals surface area contributed by atoms with E-state index in [1.165, 1.54) is 12.8 Å². The lowest BCUT2D eigenvalue weighted by atomic mass is 10.2. The molecule has 4 nitrogen and oxygen atoms in total. The number of nitrogen functional groups attached to an aromatic ring is 1. The molecule has 19 heavy (non-hydrogen) atoms. The number of nitrogens with two attached hydrogens (primary N) is 1. The van der Waals surface area contributed by atoms with Crippen LogP contribution in [-0.4, -0.2) is 17.1 Å². The average molecular weight is 367 g/mol. The quantitative estimate of drug-likeness (QED) is 0.847. The van der Waals surface area contributed by atoms with Crippen LogP contribution in [0.25, 0.3) is 11.4 Å². The second-order valence-corrected chi connectivity index (χ2v) is 5.72. The van der Waals surface area contributed by atoms with E-state index in [4.69, 9.17) is 10.5 Å². The number of hydrogen-bond acceptors (Lipinski definition) is 4. The topological polar surface area (TPSA) is 61.0 Å². The smallest absolute Gasteiger partial charge is 0.161 e. The van der Waals surface area contributed by atoms with Gasteiger partial charge < -0.3 is 10.5 Å². The van der Waals surface area contributed by atoms with Crippen LogP contribution in [0.1, 0.15) is 24.5 Å². The van der Waals surface area contributed by atoms with Crippen LogP contribution in [0, 0.1) is 3.57 Å². The van der Waals surface area contributed by atoms with Gasteiger partial charge in [-0.1, -0.05) is 12.1 Å². The van der Waals surface area contributed by atoms with Gasteiger partial charge in [0.1, 0.15) is 11.6 Å². The van der Waals surface area contributed by atoms with Gasteiger partial charge in [0.2, 0.25) is 0 Å². The van der Waals surface area contributed by atoms with Crippen LogP contribution in [0.4, 0.5) is 5.82 Å². The van der Waals surface area contributed by atoms with Crippen LogP contribution >= 0.6 is 22.6 Å². The van der Waals surface area contributed by atoms with E-state index in [1.807, 2.05) is 24.3 Å². The number of benzene rings is 1. The molecule has 0 radical (unpaired) electrons. The Labute approximate surface area is 125 Å². The number of nitrogens with zero attached hydrogens (tertiary/aromatic N) is 2. The highest BCUT2D eigenvalue weighted by molar-refractivity contribution is 14.1. The number of methoxy groups -OCH3 is 1. The first-order valence-electron chi connectivity index (χ1n) is 6.16. The highest BCUT2D eigenvalue weighted by atomic mass is 127. The van der Waals surface area contributed by atoms with Gasteiger partial charge in [0.05, 0.1) is 16.4 Å². The summed E-state index contributed by atoms with van der Waals surface area (Å²) in [6.07, 6.45) is 2.40. The summed E-state index contributed by atoms with van der Waals surface area (Å²) in [6, 6.07) is 7.74. The standard InChI is InChI=1S/C14H14IN3O/c1-19-10-4-2-3-9(7-10)14-17-12(8-5-6-8)11(15)13(16)18-14/h2-4,7-8H,5-6H2,1H3,(H2,16,17,18). The molecule has 1 heterocycles. The van der Waals surface area contributed by atoms with E-state index in [1.54, 1.807) is 7.11 Å². The van der Waals surface area contributed by atoms with Crippen molar-refractivity contribution in [3.63, 3.8) is 0 Å². The molecule has 0 aliphatic heterocycles. The fourth-order valence-corrected chi connectivity index (χ4v) is 2.68. The van der Waals surface area contributed by atoms with E-state index in [-0.39, 0.29) is 0 Å². The van der Waals surface area contributed by atoms with Crippen LogP contribution in [0.15, 0.2) is 24.3 Å². The zero-order valence-electron chi connectivity index (χ0n) is 10.6. The number of ether oxygens (including phenoxy) is 1. The largest absolute Gasteiger partial charge is 0.497 e. The van der Waals surface area contributed by atoms with Gasteiger partial charge in [-0.2, -0.15) is 0 Å². The molecule has 5 heteroatoms. The predicted octanol–water partition coefficient (Wildman–Crippen LogP) is 3.22. The normalized spacial score (nSPS) is 14.4. The molecule has 98 valence electrons. The maximum atomic E-state index is 6.01. The third-order valence-electron chi connectivity index (χ3n) is 3.19. The third-order valence-corrected chi connectivity index (χ3v) is 4.30. The Bertz CT molecular complexity index is 626. The maximum absolute atomic E-state index is 6.01. The fourth-order valence-electron chi connectivity index (χ4n) is 2.00. The van der Waals surface area contributed by atoms with Gasteiger partial charge in [-0.25, -0.2) is 9.97 Å². The molecule has 1 aromatic carbocycles. The van der Waals surface area contributed by atoms with Crippen LogP contribution in [0.5, 0.6) is 5.75 Å². The average Bonchev–Trinajstić information content (AvgIpc) is 3.26. The summed E-state index contributed by atoms with van der Waals surface area (Å²) in [5.41, 5.74) is 8.03. The van der Waals surface area contributed by atoms with Crippen molar-refractivity contribution in [3.05, 3.63) is 33.5 Å². The maximum Gasteiger partial charge on any atom is 0.161 e. The minimum Gasteiger partial charge on any atom is -0.497 e. The van der Waals surface area contributed by atoms with Gasteiger partial charge in [-0.05, 0) is 47.6 Å². The monoisotopic (exact) mass is 367 g/mol. The molecule has 0 spiro atoms. The van der Waals surface area contributed by atoms with Gasteiger partial charge in [0.25, 0.3) is 0 Å². The van der Waals surface area contributed by atoms with Crippen molar-refractivity contribution in [1.29, 1.82) is 0 Å². The van der Waals surface area contributed by atoms with E-state index in [0.717, 1.165) is 20.6 Å². The molecule has 1 fully saturated rings. The van der Waals surface area contributed by atoms with Crippen molar-refractivity contribution in [1.82, 2.24) is 9.97 Å². The molecule has 1 aromatic heterocycles. The van der Waals surface area contributed by atoms with Crippen molar-refractivity contribution in [2.24, 2.45) is 0 Å². The van der Waals surface area contributed by atoms with Crippen LogP contribution in [0.2, 0.25) is 0 Å². The summed E-state index contributed by atoms with van der Waals surface area (Å²) in [5.74, 6) is 2.60. The minimum atomic E-state index is 0.557. The van der Waals surface area contributed by atoms with Crippen LogP contribution < -0.4 is 10.5 Å². The highest BCUT2D eigenvalue weighted by Crippen LogP contribution is 2.42. The summed E-state index contributed by atoms with van der Waals surface area (Å²) in [4.78, 5) is 9.08. The lowest BCUT2D eigenvalue weighted by Gasteiger charge is -2.09. The first-order chi connectivity index (χ1) is 9.19. The van der Waals surface area contributed by atoms with E-state index >= 15 is 0 Å². The lowest BCUT2D eigenvalue weighted by Crippen LogP contribution is -2.04. The van der Waals surface area contributed by atoms with Crippen LogP contribution in [-0.2, 0) is 0 Å². The number of halogens is 1. The Morgan fingerprint density at radius 2 is 2.11 bits per heavy atom. The van der Waals surface area contributed by atoms with Crippen molar-refractivity contribution < 1.29 is 4.74 Å². The SMILES string of the molecule is COc1cccc(-c2nc(N)c(I)c(C3CC3)n2)c1. The zero-order chi connectivity index (χ0) is 13.4. The van der Waals surface area contributed by atoms with Gasteiger partial charge >= 0.3 is 0 Å². The van der Waals surface area contributed by atoms with Crippen molar-refractivity contribution in [3.8, 4) is 17.1 Å². The molecule has 0 amide bonds. The molecule has 1 aliphatic carbocycles. The van der Waals surface area contributed by atoms with E-state index in [2.05, 4.69) is 32.6 Å². The first kappa shape index (κ1) is 12.7. The number of hydrogen-bond donors (Lipinski definition) is 1. The van der Waals surface area contributed by atoms with Crippen molar-refractivity contribution in [2.75, 3.05) is 12.8 Å². The summed E-state index contributed by atoms with van der Waals surface area (Å²) in [7, 11) is 1.65. The summed E-state index contributed by atoms with van der Waals surface area (Å²) in [6.45, 7) is 0. The Balaban J connectivity index is 2.08. The lowest BCUT2D eigenvalue weighted by molar-refractivity contribution is 0.415. The summed E-state index contributed by atoms with van der Waals surface area (Å²) in [5, 5.41) is 0. The van der Waals surface area contributed by atoms with Crippen molar-refractivity contribution in [2.45, 2.75) is 18.8 Å². The third kappa shape index (κ3) is 2.51. The fraction of sp³-hybridized carbons (Fsp3) is 0.286. The first-order valence-corrected chi connectivity index (χ1v) is 7.24. The number of aromatic nitrogens is 2. The molecule has 1 saturated carbocycles. The molecule has 0 saturated heterocycles. The van der Waals surface area contributed by atoms with Crippen molar-refractivity contribution >= 4 is 28.4 Å². The molecule has 0 unspecified atom stereocenters. The van der Waals surface area contributed by atoms with E-state index in [0.29, 0.717) is 17.6 Å². The second kappa shape index (κ2) is 4.96. The Kier molecular flexibility index (Phi) is 3.30. The highest BCUT2D eigenvalue weighted by Gasteiger charge is 2.29. The molecule has 1 aliphatic rings. The molecular weight excluding hydrogens is 353 g/mol. The Hall–Kier alpha value is -1.37. The van der Waals surface area contributed by atoms with Gasteiger partial charge in [0, 0.05) is 11.5 Å². The molecule has 2 N–H and O–H groups in total. The van der Waals surface area contributed by atoms with E-state index < -0.39 is 0 Å². The molecule has 0 bridgehead atoms. The van der Waals surface area contributed by atoms with E-state index in [9.17, 15) is 0 Å². The van der Waals surface area contributed by atoms with Crippen LogP contribution in [0.3, 0.4) is 0 Å². The molecule has 3 rings (SSSR count). The molecule has 2 aromatic rings.